The molecule has 2 aromatic rings. The fraction of sp³-hybridized carbons (Fsp3) is 0.273. The summed E-state index contributed by atoms with van der Waals surface area (Å²) in [5.74, 6) is 0.554. The standard InChI is InChI=1S/C11H11ClFN3/c1-2-16-10(14-15-11(16)12)7-8-3-5-9(13)6-4-8/h3-6H,2,7H2,1H3. The number of hydrogen-bond acceptors (Lipinski definition) is 2. The zero-order valence-electron chi connectivity index (χ0n) is 8.82. The number of rotatable bonds is 3. The van der Waals surface area contributed by atoms with Crippen molar-refractivity contribution in [3.8, 4) is 0 Å². The zero-order valence-corrected chi connectivity index (χ0v) is 9.58. The van der Waals surface area contributed by atoms with E-state index >= 15 is 0 Å². The lowest BCUT2D eigenvalue weighted by molar-refractivity contribution is 0.626. The van der Waals surface area contributed by atoms with Gasteiger partial charge in [-0.15, -0.1) is 10.2 Å². The number of hydrogen-bond donors (Lipinski definition) is 0. The van der Waals surface area contributed by atoms with E-state index in [1.165, 1.54) is 12.1 Å². The van der Waals surface area contributed by atoms with E-state index in [1.807, 2.05) is 11.5 Å². The summed E-state index contributed by atoms with van der Waals surface area (Å²) in [6.45, 7) is 2.70. The first kappa shape index (κ1) is 11.1. The molecule has 0 aliphatic rings. The second-order valence-electron chi connectivity index (χ2n) is 3.43. The molecule has 0 spiro atoms. The maximum Gasteiger partial charge on any atom is 0.225 e. The van der Waals surface area contributed by atoms with Gasteiger partial charge in [0.25, 0.3) is 0 Å². The van der Waals surface area contributed by atoms with E-state index < -0.39 is 0 Å². The van der Waals surface area contributed by atoms with E-state index in [9.17, 15) is 4.39 Å². The molecule has 0 saturated heterocycles. The van der Waals surface area contributed by atoms with Crippen molar-refractivity contribution >= 4 is 11.6 Å². The Morgan fingerprint density at radius 2 is 1.94 bits per heavy atom. The molecule has 5 heteroatoms. The van der Waals surface area contributed by atoms with Crippen LogP contribution in [0.4, 0.5) is 4.39 Å². The largest absolute Gasteiger partial charge is 0.302 e. The van der Waals surface area contributed by atoms with Crippen LogP contribution in [0.1, 0.15) is 18.3 Å². The van der Waals surface area contributed by atoms with Gasteiger partial charge in [-0.25, -0.2) is 4.39 Å². The van der Waals surface area contributed by atoms with E-state index in [1.54, 1.807) is 12.1 Å². The lowest BCUT2D eigenvalue weighted by Crippen LogP contribution is -2.02. The van der Waals surface area contributed by atoms with Crippen molar-refractivity contribution in [2.24, 2.45) is 0 Å². The predicted octanol–water partition coefficient (Wildman–Crippen LogP) is 2.68. The van der Waals surface area contributed by atoms with Crippen LogP contribution in [0, 0.1) is 5.82 Å². The fourth-order valence-electron chi connectivity index (χ4n) is 1.54. The molecule has 0 N–H and O–H groups in total. The fourth-order valence-corrected chi connectivity index (χ4v) is 1.80. The van der Waals surface area contributed by atoms with Crippen LogP contribution in [0.2, 0.25) is 5.28 Å². The first-order valence-electron chi connectivity index (χ1n) is 5.02. The van der Waals surface area contributed by atoms with E-state index in [0.29, 0.717) is 11.7 Å². The van der Waals surface area contributed by atoms with Gasteiger partial charge in [0.15, 0.2) is 0 Å². The Balaban J connectivity index is 2.23. The summed E-state index contributed by atoms with van der Waals surface area (Å²) in [5, 5.41) is 8.19. The van der Waals surface area contributed by atoms with Crippen molar-refractivity contribution in [2.75, 3.05) is 0 Å². The van der Waals surface area contributed by atoms with E-state index in [0.717, 1.165) is 17.9 Å². The highest BCUT2D eigenvalue weighted by Crippen LogP contribution is 2.13. The van der Waals surface area contributed by atoms with Crippen LogP contribution in [-0.2, 0) is 13.0 Å². The van der Waals surface area contributed by atoms with Crippen molar-refractivity contribution in [3.05, 3.63) is 46.8 Å². The number of halogens is 2. The van der Waals surface area contributed by atoms with Crippen LogP contribution in [0.3, 0.4) is 0 Å². The Bertz CT molecular complexity index is 478. The lowest BCUT2D eigenvalue weighted by atomic mass is 10.1. The second-order valence-corrected chi connectivity index (χ2v) is 3.77. The monoisotopic (exact) mass is 239 g/mol. The molecule has 0 unspecified atom stereocenters. The summed E-state index contributed by atoms with van der Waals surface area (Å²) in [7, 11) is 0. The Hall–Kier alpha value is -1.42. The molecular formula is C11H11ClFN3. The minimum absolute atomic E-state index is 0.237. The summed E-state index contributed by atoms with van der Waals surface area (Å²) in [5.41, 5.74) is 0.986. The third-order valence-electron chi connectivity index (χ3n) is 2.37. The molecule has 3 nitrogen and oxygen atoms in total. The highest BCUT2D eigenvalue weighted by atomic mass is 35.5. The predicted molar refractivity (Wildman–Crippen MR) is 59.9 cm³/mol. The molecule has 84 valence electrons. The van der Waals surface area contributed by atoms with Crippen LogP contribution >= 0.6 is 11.6 Å². The van der Waals surface area contributed by atoms with Crippen molar-refractivity contribution < 1.29 is 4.39 Å². The van der Waals surface area contributed by atoms with Crippen LogP contribution in [-0.4, -0.2) is 14.8 Å². The molecule has 16 heavy (non-hydrogen) atoms. The van der Waals surface area contributed by atoms with Gasteiger partial charge in [0.1, 0.15) is 11.6 Å². The number of nitrogens with zero attached hydrogens (tertiary/aromatic N) is 3. The SMILES string of the molecule is CCn1c(Cl)nnc1Cc1ccc(F)cc1. The van der Waals surface area contributed by atoms with Gasteiger partial charge in [0, 0.05) is 13.0 Å². The molecule has 1 aromatic heterocycles. The second kappa shape index (κ2) is 4.61. The third-order valence-corrected chi connectivity index (χ3v) is 2.65. The first-order chi connectivity index (χ1) is 7.70. The highest BCUT2D eigenvalue weighted by molar-refractivity contribution is 6.28. The summed E-state index contributed by atoms with van der Waals surface area (Å²) in [4.78, 5) is 0. The molecule has 0 atom stereocenters. The van der Waals surface area contributed by atoms with Gasteiger partial charge in [0.2, 0.25) is 5.28 Å². The Kier molecular flexibility index (Phi) is 3.19. The summed E-state index contributed by atoms with van der Waals surface area (Å²) in [6.07, 6.45) is 0.605. The van der Waals surface area contributed by atoms with Crippen molar-refractivity contribution in [3.63, 3.8) is 0 Å². The molecule has 2 rings (SSSR count). The van der Waals surface area contributed by atoms with E-state index in [4.69, 9.17) is 11.6 Å². The van der Waals surface area contributed by atoms with E-state index in [-0.39, 0.29) is 5.82 Å². The van der Waals surface area contributed by atoms with Crippen LogP contribution < -0.4 is 0 Å². The zero-order chi connectivity index (χ0) is 11.5. The van der Waals surface area contributed by atoms with Gasteiger partial charge in [0.05, 0.1) is 0 Å². The third kappa shape index (κ3) is 2.22. The van der Waals surface area contributed by atoms with Crippen molar-refractivity contribution in [2.45, 2.75) is 19.9 Å². The Morgan fingerprint density at radius 3 is 2.56 bits per heavy atom. The smallest absolute Gasteiger partial charge is 0.225 e. The van der Waals surface area contributed by atoms with Gasteiger partial charge in [-0.1, -0.05) is 12.1 Å². The Labute approximate surface area is 97.9 Å². The molecule has 0 aliphatic heterocycles. The number of aromatic nitrogens is 3. The molecule has 0 aliphatic carbocycles. The summed E-state index contributed by atoms with van der Waals surface area (Å²) < 4.78 is 14.5. The molecule has 0 amide bonds. The van der Waals surface area contributed by atoms with Crippen molar-refractivity contribution in [1.82, 2.24) is 14.8 Å². The van der Waals surface area contributed by atoms with Gasteiger partial charge >= 0.3 is 0 Å². The van der Waals surface area contributed by atoms with Crippen molar-refractivity contribution in [1.29, 1.82) is 0 Å². The molecule has 0 saturated carbocycles. The van der Waals surface area contributed by atoms with Gasteiger partial charge in [-0.3, -0.25) is 0 Å². The maximum absolute atomic E-state index is 12.7. The topological polar surface area (TPSA) is 30.7 Å². The van der Waals surface area contributed by atoms with Crippen LogP contribution in [0.15, 0.2) is 24.3 Å². The molecule has 1 heterocycles. The molecule has 0 fully saturated rings. The average Bonchev–Trinajstić information content (AvgIpc) is 2.63. The maximum atomic E-state index is 12.7. The highest BCUT2D eigenvalue weighted by Gasteiger charge is 2.08. The van der Waals surface area contributed by atoms with Crippen LogP contribution in [0.25, 0.3) is 0 Å². The average molecular weight is 240 g/mol. The van der Waals surface area contributed by atoms with E-state index in [2.05, 4.69) is 10.2 Å². The lowest BCUT2D eigenvalue weighted by Gasteiger charge is -2.04. The van der Waals surface area contributed by atoms with Gasteiger partial charge in [-0.05, 0) is 36.2 Å². The molecule has 0 bridgehead atoms. The minimum Gasteiger partial charge on any atom is -0.302 e. The normalized spacial score (nSPS) is 10.7. The van der Waals surface area contributed by atoms with Gasteiger partial charge in [-0.2, -0.15) is 0 Å². The quantitative estimate of drug-likeness (QED) is 0.825. The number of benzene rings is 1. The summed E-state index contributed by atoms with van der Waals surface area (Å²) >= 11 is 5.87. The van der Waals surface area contributed by atoms with Gasteiger partial charge < -0.3 is 4.57 Å². The molecule has 1 aromatic carbocycles. The molecule has 0 radical (unpaired) electrons. The van der Waals surface area contributed by atoms with Crippen LogP contribution in [0.5, 0.6) is 0 Å². The minimum atomic E-state index is -0.237. The first-order valence-corrected chi connectivity index (χ1v) is 5.40. The summed E-state index contributed by atoms with van der Waals surface area (Å²) in [6, 6.07) is 6.34. The Morgan fingerprint density at radius 1 is 1.25 bits per heavy atom. The molecular weight excluding hydrogens is 229 g/mol.